The first kappa shape index (κ1) is 21.0. The van der Waals surface area contributed by atoms with Gasteiger partial charge in [-0.1, -0.05) is 0 Å². The van der Waals surface area contributed by atoms with Gasteiger partial charge in [-0.2, -0.15) is 10.4 Å². The summed E-state index contributed by atoms with van der Waals surface area (Å²) in [5.41, 5.74) is 10.9. The summed E-state index contributed by atoms with van der Waals surface area (Å²) in [6.45, 7) is 8.22. The summed E-state index contributed by atoms with van der Waals surface area (Å²) in [5, 5.41) is 24.5. The largest absolute Gasteiger partial charge is 0.496 e. The minimum absolute atomic E-state index is 0.127. The number of nitrogens with two attached hydrogens (primary N) is 1. The summed E-state index contributed by atoms with van der Waals surface area (Å²) in [6, 6.07) is 4.18. The fourth-order valence-electron chi connectivity index (χ4n) is 4.58. The maximum Gasteiger partial charge on any atom is 0.164 e. The van der Waals surface area contributed by atoms with Crippen molar-refractivity contribution >= 4 is 16.9 Å². The third-order valence-corrected chi connectivity index (χ3v) is 6.15. The van der Waals surface area contributed by atoms with E-state index >= 15 is 0 Å². The van der Waals surface area contributed by atoms with Crippen molar-refractivity contribution in [2.75, 3.05) is 39.1 Å². The third-order valence-electron chi connectivity index (χ3n) is 6.15. The van der Waals surface area contributed by atoms with Crippen LogP contribution in [0, 0.1) is 25.2 Å². The number of fused-ring (bicyclic) bond motifs is 1. The second-order valence-electron chi connectivity index (χ2n) is 8.06. The first-order valence-corrected chi connectivity index (χ1v) is 10.3. The van der Waals surface area contributed by atoms with Gasteiger partial charge in [-0.3, -0.25) is 4.90 Å². The molecule has 1 fully saturated rings. The molecule has 3 N–H and O–H groups in total. The van der Waals surface area contributed by atoms with Crippen LogP contribution in [0.4, 0.5) is 5.82 Å². The molecule has 4 rings (SSSR count). The number of aliphatic hydroxyl groups is 1. The van der Waals surface area contributed by atoms with Crippen molar-refractivity contribution in [1.29, 1.82) is 5.26 Å². The Bertz CT molecular complexity index is 1180. The molecule has 162 valence electrons. The summed E-state index contributed by atoms with van der Waals surface area (Å²) in [5.74, 6) is 1.30. The third kappa shape index (κ3) is 3.38. The average Bonchev–Trinajstić information content (AvgIpc) is 3.07. The number of nitrogens with zero attached hydrogens (tertiary/aromatic N) is 6. The minimum Gasteiger partial charge on any atom is -0.496 e. The molecule has 1 unspecified atom stereocenters. The number of nitriles is 1. The number of hydrogen-bond donors (Lipinski definition) is 2. The van der Waals surface area contributed by atoms with E-state index in [-0.39, 0.29) is 18.6 Å². The Kier molecular flexibility index (Phi) is 5.52. The fraction of sp³-hybridized carbons (Fsp3) is 0.455. The molecule has 9 heteroatoms. The number of β-amino-alcohol motifs (C(OH)–C–C–N with tert-alkyl or cyclic N) is 1. The molecule has 2 aromatic heterocycles. The van der Waals surface area contributed by atoms with Crippen LogP contribution in [-0.4, -0.2) is 63.1 Å². The lowest BCUT2D eigenvalue weighted by Crippen LogP contribution is -2.46. The number of aliphatic hydroxyl groups excluding tert-OH is 1. The normalized spacial score (nSPS) is 15.6. The summed E-state index contributed by atoms with van der Waals surface area (Å²) in [6.07, 6.45) is 1.44. The van der Waals surface area contributed by atoms with Crippen molar-refractivity contribution in [2.45, 2.75) is 32.7 Å². The summed E-state index contributed by atoms with van der Waals surface area (Å²) in [7, 11) is 1.64. The Labute approximate surface area is 181 Å². The van der Waals surface area contributed by atoms with E-state index in [0.717, 1.165) is 40.9 Å². The van der Waals surface area contributed by atoms with Gasteiger partial charge < -0.3 is 15.6 Å². The summed E-state index contributed by atoms with van der Waals surface area (Å²) < 4.78 is 7.74. The Morgan fingerprint density at radius 1 is 1.35 bits per heavy atom. The second kappa shape index (κ2) is 8.13. The van der Waals surface area contributed by atoms with Gasteiger partial charge in [0.25, 0.3) is 0 Å². The number of ether oxygens (including phenoxy) is 1. The number of aryl methyl sites for hydroxylation is 2. The maximum absolute atomic E-state index is 9.87. The van der Waals surface area contributed by atoms with Crippen LogP contribution in [0.2, 0.25) is 0 Å². The quantitative estimate of drug-likeness (QED) is 0.618. The molecule has 1 saturated heterocycles. The van der Waals surface area contributed by atoms with E-state index in [0.29, 0.717) is 29.3 Å². The highest BCUT2D eigenvalue weighted by molar-refractivity contribution is 5.88. The van der Waals surface area contributed by atoms with Crippen LogP contribution in [0.1, 0.15) is 46.8 Å². The molecule has 9 nitrogen and oxygen atoms in total. The van der Waals surface area contributed by atoms with Gasteiger partial charge in [-0.15, -0.1) is 0 Å². The van der Waals surface area contributed by atoms with Crippen molar-refractivity contribution in [3.8, 4) is 11.8 Å². The highest BCUT2D eigenvalue weighted by Gasteiger charge is 2.34. The monoisotopic (exact) mass is 421 g/mol. The van der Waals surface area contributed by atoms with Crippen LogP contribution in [0.5, 0.6) is 5.75 Å². The highest BCUT2D eigenvalue weighted by Crippen LogP contribution is 2.42. The predicted octanol–water partition coefficient (Wildman–Crippen LogP) is 1.91. The SMILES string of the molecule is COc1c(C(C)n2nc(C)c3c(N)ncnc32)cc(C)c(C#N)c1C1CN(CCO)C1. The van der Waals surface area contributed by atoms with Gasteiger partial charge in [-0.05, 0) is 32.4 Å². The molecule has 3 heterocycles. The lowest BCUT2D eigenvalue weighted by atomic mass is 9.83. The van der Waals surface area contributed by atoms with E-state index < -0.39 is 0 Å². The number of nitrogen functional groups attached to an aromatic ring is 1. The van der Waals surface area contributed by atoms with Crippen molar-refractivity contribution in [1.82, 2.24) is 24.6 Å². The zero-order chi connectivity index (χ0) is 22.3. The highest BCUT2D eigenvalue weighted by atomic mass is 16.5. The van der Waals surface area contributed by atoms with E-state index in [1.54, 1.807) is 7.11 Å². The molecule has 31 heavy (non-hydrogen) atoms. The minimum atomic E-state index is -0.195. The molecule has 0 amide bonds. The molecule has 0 saturated carbocycles. The number of likely N-dealkylation sites (tertiary alicyclic amines) is 1. The molecule has 1 aromatic carbocycles. The van der Waals surface area contributed by atoms with Gasteiger partial charge in [-0.25, -0.2) is 14.6 Å². The Hall–Kier alpha value is -3.22. The van der Waals surface area contributed by atoms with Crippen LogP contribution < -0.4 is 10.5 Å². The maximum atomic E-state index is 9.87. The molecule has 1 atom stereocenters. The molecule has 0 radical (unpaired) electrons. The van der Waals surface area contributed by atoms with E-state index in [4.69, 9.17) is 15.6 Å². The lowest BCUT2D eigenvalue weighted by Gasteiger charge is -2.40. The van der Waals surface area contributed by atoms with E-state index in [2.05, 4.69) is 20.9 Å². The molecule has 0 aliphatic carbocycles. The number of methoxy groups -OCH3 is 1. The summed E-state index contributed by atoms with van der Waals surface area (Å²) in [4.78, 5) is 10.7. The molecule has 1 aliphatic heterocycles. The first-order chi connectivity index (χ1) is 14.9. The van der Waals surface area contributed by atoms with Crippen LogP contribution in [0.15, 0.2) is 12.4 Å². The molecular weight excluding hydrogens is 394 g/mol. The number of benzene rings is 1. The van der Waals surface area contributed by atoms with Crippen molar-refractivity contribution in [3.05, 3.63) is 40.3 Å². The first-order valence-electron chi connectivity index (χ1n) is 10.3. The fourth-order valence-corrected chi connectivity index (χ4v) is 4.58. The molecule has 0 bridgehead atoms. The number of hydrogen-bond acceptors (Lipinski definition) is 8. The molecule has 0 spiro atoms. The lowest BCUT2D eigenvalue weighted by molar-refractivity contribution is 0.114. The van der Waals surface area contributed by atoms with Gasteiger partial charge in [0.15, 0.2) is 5.65 Å². The van der Waals surface area contributed by atoms with Crippen LogP contribution in [0.3, 0.4) is 0 Å². The van der Waals surface area contributed by atoms with E-state index in [1.165, 1.54) is 6.33 Å². The van der Waals surface area contributed by atoms with Crippen LogP contribution in [-0.2, 0) is 0 Å². The Morgan fingerprint density at radius 3 is 2.74 bits per heavy atom. The van der Waals surface area contributed by atoms with E-state index in [9.17, 15) is 10.4 Å². The van der Waals surface area contributed by atoms with Crippen LogP contribution >= 0.6 is 0 Å². The number of rotatable bonds is 6. The Balaban J connectivity index is 1.84. The van der Waals surface area contributed by atoms with Gasteiger partial charge >= 0.3 is 0 Å². The molecular formula is C22H27N7O2. The summed E-state index contributed by atoms with van der Waals surface area (Å²) >= 11 is 0. The number of aromatic nitrogens is 4. The van der Waals surface area contributed by atoms with Gasteiger partial charge in [0, 0.05) is 36.7 Å². The van der Waals surface area contributed by atoms with Crippen molar-refractivity contribution < 1.29 is 9.84 Å². The molecule has 1 aliphatic rings. The van der Waals surface area contributed by atoms with Crippen LogP contribution in [0.25, 0.3) is 11.0 Å². The second-order valence-corrected chi connectivity index (χ2v) is 8.06. The standard InChI is InChI=1S/C22H27N7O2/c1-12-7-16(14(3)29-22-18(13(2)27-29)21(24)25-11-26-22)20(31-4)19(17(12)8-23)15-9-28(10-15)5-6-30/h7,11,14-15,30H,5-6,9-10H2,1-4H3,(H2,24,25,26). The van der Waals surface area contributed by atoms with Gasteiger partial charge in [0.05, 0.1) is 42.5 Å². The average molecular weight is 422 g/mol. The zero-order valence-electron chi connectivity index (χ0n) is 18.3. The van der Waals surface area contributed by atoms with Crippen molar-refractivity contribution in [3.63, 3.8) is 0 Å². The van der Waals surface area contributed by atoms with E-state index in [1.807, 2.05) is 31.5 Å². The van der Waals surface area contributed by atoms with Gasteiger partial charge in [0.1, 0.15) is 17.9 Å². The number of anilines is 1. The predicted molar refractivity (Wildman–Crippen MR) is 117 cm³/mol. The molecule has 3 aromatic rings. The Morgan fingerprint density at radius 2 is 2.10 bits per heavy atom. The topological polar surface area (TPSA) is 126 Å². The van der Waals surface area contributed by atoms with Gasteiger partial charge in [0.2, 0.25) is 0 Å². The van der Waals surface area contributed by atoms with Crippen molar-refractivity contribution in [2.24, 2.45) is 0 Å². The zero-order valence-corrected chi connectivity index (χ0v) is 18.3. The smallest absolute Gasteiger partial charge is 0.164 e.